The Bertz CT molecular complexity index is 967. The van der Waals surface area contributed by atoms with E-state index in [0.717, 1.165) is 44.7 Å². The standard InChI is InChI=1S/C23H24FN3O.3ClH.2H2O/c24-20-10-8-18(9-11-20)22(28)7-3-13-26-14-16-27(17-15-26)21-6-1-4-19-5-2-12-25-23(19)21;;;;;/h1-2,4-6,8-12H,3,7,13-17H2;3*1H;2*1H2. The van der Waals surface area contributed by atoms with Crippen LogP contribution in [0.4, 0.5) is 10.1 Å². The zero-order valence-corrected chi connectivity index (χ0v) is 20.5. The van der Waals surface area contributed by atoms with Crippen LogP contribution in [0, 0.1) is 5.82 Å². The van der Waals surface area contributed by atoms with Gasteiger partial charge in [-0.25, -0.2) is 4.39 Å². The van der Waals surface area contributed by atoms with E-state index in [-0.39, 0.29) is 59.8 Å². The van der Waals surface area contributed by atoms with Gasteiger partial charge in [0, 0.05) is 49.7 Å². The number of rotatable bonds is 6. The number of Topliss-reactive ketones (excluding diaryl/α,β-unsaturated/α-hetero) is 1. The molecule has 1 fully saturated rings. The number of hydrogen-bond donors (Lipinski definition) is 0. The number of piperazine rings is 1. The number of anilines is 1. The number of halogens is 4. The van der Waals surface area contributed by atoms with E-state index in [1.54, 1.807) is 12.1 Å². The van der Waals surface area contributed by atoms with Crippen molar-refractivity contribution in [2.45, 2.75) is 12.8 Å². The summed E-state index contributed by atoms with van der Waals surface area (Å²) in [6, 6.07) is 16.2. The summed E-state index contributed by atoms with van der Waals surface area (Å²) in [5, 5.41) is 1.17. The van der Waals surface area contributed by atoms with E-state index in [9.17, 15) is 9.18 Å². The summed E-state index contributed by atoms with van der Waals surface area (Å²) in [6.45, 7) is 4.79. The first-order valence-corrected chi connectivity index (χ1v) is 9.80. The number of pyridine rings is 1. The van der Waals surface area contributed by atoms with Gasteiger partial charge in [0.25, 0.3) is 0 Å². The molecule has 4 N–H and O–H groups in total. The number of aromatic nitrogens is 1. The Balaban J connectivity index is 0. The average Bonchev–Trinajstić information content (AvgIpc) is 2.74. The Morgan fingerprint density at radius 1 is 0.879 bits per heavy atom. The second kappa shape index (κ2) is 15.8. The topological polar surface area (TPSA) is 99.4 Å². The van der Waals surface area contributed by atoms with Crippen molar-refractivity contribution in [1.82, 2.24) is 9.88 Å². The minimum absolute atomic E-state index is 0. The molecule has 0 aliphatic carbocycles. The van der Waals surface area contributed by atoms with Crippen molar-refractivity contribution in [3.63, 3.8) is 0 Å². The van der Waals surface area contributed by atoms with Gasteiger partial charge in [-0.2, -0.15) is 0 Å². The maximum atomic E-state index is 13.0. The first-order valence-electron chi connectivity index (χ1n) is 9.80. The van der Waals surface area contributed by atoms with E-state index in [1.165, 1.54) is 23.2 Å². The van der Waals surface area contributed by atoms with Crippen LogP contribution in [0.15, 0.2) is 60.8 Å². The lowest BCUT2D eigenvalue weighted by molar-refractivity contribution is 0.0974. The number of nitrogens with zero attached hydrogens (tertiary/aromatic N) is 3. The molecule has 2 aromatic carbocycles. The number of ketones is 1. The zero-order chi connectivity index (χ0) is 19.3. The molecule has 10 heteroatoms. The third-order valence-electron chi connectivity index (χ3n) is 5.37. The zero-order valence-electron chi connectivity index (χ0n) is 18.1. The molecule has 6 nitrogen and oxygen atoms in total. The monoisotopic (exact) mass is 521 g/mol. The van der Waals surface area contributed by atoms with Crippen molar-refractivity contribution < 1.29 is 20.1 Å². The summed E-state index contributed by atoms with van der Waals surface area (Å²) < 4.78 is 13.0. The predicted molar refractivity (Wildman–Crippen MR) is 139 cm³/mol. The van der Waals surface area contributed by atoms with Crippen molar-refractivity contribution in [1.29, 1.82) is 0 Å². The lowest BCUT2D eigenvalue weighted by Crippen LogP contribution is -2.46. The van der Waals surface area contributed by atoms with Gasteiger partial charge in [0.15, 0.2) is 5.78 Å². The summed E-state index contributed by atoms with van der Waals surface area (Å²) in [7, 11) is 0. The van der Waals surface area contributed by atoms with Crippen LogP contribution in [0.1, 0.15) is 23.2 Å². The molecule has 0 amide bonds. The largest absolute Gasteiger partial charge is 0.412 e. The van der Waals surface area contributed by atoms with Gasteiger partial charge in [-0.3, -0.25) is 14.7 Å². The molecule has 1 aromatic heterocycles. The Labute approximate surface area is 212 Å². The highest BCUT2D eigenvalue weighted by atomic mass is 35.5. The molecule has 3 aromatic rings. The number of fused-ring (bicyclic) bond motifs is 1. The normalized spacial score (nSPS) is 12.8. The maximum absolute atomic E-state index is 13.0. The van der Waals surface area contributed by atoms with Crippen molar-refractivity contribution in [3.05, 3.63) is 72.2 Å². The highest BCUT2D eigenvalue weighted by Crippen LogP contribution is 2.25. The molecule has 0 atom stereocenters. The van der Waals surface area contributed by atoms with Gasteiger partial charge in [-0.1, -0.05) is 18.2 Å². The van der Waals surface area contributed by atoms with Gasteiger partial charge in [-0.15, -0.1) is 37.2 Å². The third-order valence-corrected chi connectivity index (χ3v) is 5.37. The Morgan fingerprint density at radius 2 is 1.52 bits per heavy atom. The van der Waals surface area contributed by atoms with E-state index >= 15 is 0 Å². The molecule has 1 aliphatic rings. The Kier molecular flexibility index (Phi) is 15.9. The van der Waals surface area contributed by atoms with Gasteiger partial charge >= 0.3 is 0 Å². The van der Waals surface area contributed by atoms with Crippen LogP contribution in [-0.2, 0) is 0 Å². The first kappa shape index (κ1) is 33.2. The van der Waals surface area contributed by atoms with Crippen molar-refractivity contribution in [2.75, 3.05) is 37.6 Å². The Morgan fingerprint density at radius 3 is 2.18 bits per heavy atom. The van der Waals surface area contributed by atoms with Crippen LogP contribution in [0.2, 0.25) is 0 Å². The van der Waals surface area contributed by atoms with E-state index in [1.807, 2.05) is 12.3 Å². The molecule has 0 unspecified atom stereocenters. The highest BCUT2D eigenvalue weighted by molar-refractivity contribution is 5.96. The summed E-state index contributed by atoms with van der Waals surface area (Å²) >= 11 is 0. The number of para-hydroxylation sites is 1. The first-order chi connectivity index (χ1) is 13.7. The van der Waals surface area contributed by atoms with Crippen LogP contribution in [0.5, 0.6) is 0 Å². The van der Waals surface area contributed by atoms with Crippen LogP contribution in [-0.4, -0.2) is 59.3 Å². The number of hydrogen-bond acceptors (Lipinski definition) is 4. The molecule has 2 heterocycles. The molecule has 0 bridgehead atoms. The Hall–Kier alpha value is -2.00. The average molecular weight is 523 g/mol. The fourth-order valence-corrected chi connectivity index (χ4v) is 3.80. The van der Waals surface area contributed by atoms with E-state index in [0.29, 0.717) is 12.0 Å². The fraction of sp³-hybridized carbons (Fsp3) is 0.304. The van der Waals surface area contributed by atoms with Gasteiger partial charge in [0.05, 0.1) is 11.2 Å². The SMILES string of the molecule is Cl.Cl.Cl.O.O.O=C(CCCN1CCN(c2cccc3cccnc23)CC1)c1ccc(F)cc1. The maximum Gasteiger partial charge on any atom is 0.162 e. The fourth-order valence-electron chi connectivity index (χ4n) is 3.80. The molecule has 0 saturated carbocycles. The summed E-state index contributed by atoms with van der Waals surface area (Å²) in [4.78, 5) is 21.6. The van der Waals surface area contributed by atoms with Crippen LogP contribution >= 0.6 is 37.2 Å². The molecule has 33 heavy (non-hydrogen) atoms. The molecule has 0 radical (unpaired) electrons. The van der Waals surface area contributed by atoms with E-state index < -0.39 is 0 Å². The smallest absolute Gasteiger partial charge is 0.162 e. The third kappa shape index (κ3) is 8.37. The molecule has 4 rings (SSSR count). The number of carbonyl (C=O) groups is 1. The van der Waals surface area contributed by atoms with Crippen LogP contribution in [0.3, 0.4) is 0 Å². The minimum Gasteiger partial charge on any atom is -0.412 e. The minimum atomic E-state index is -0.309. The van der Waals surface area contributed by atoms with E-state index in [2.05, 4.69) is 39.0 Å². The van der Waals surface area contributed by atoms with Gasteiger partial charge in [0.2, 0.25) is 0 Å². The van der Waals surface area contributed by atoms with Gasteiger partial charge in [0.1, 0.15) is 5.82 Å². The van der Waals surface area contributed by atoms with Crippen LogP contribution in [0.25, 0.3) is 10.9 Å². The van der Waals surface area contributed by atoms with Crippen LogP contribution < -0.4 is 4.90 Å². The summed E-state index contributed by atoms with van der Waals surface area (Å²) in [5.74, 6) is -0.226. The number of benzene rings is 2. The second-order valence-electron chi connectivity index (χ2n) is 7.21. The molecular weight excluding hydrogens is 492 g/mol. The van der Waals surface area contributed by atoms with Crippen molar-refractivity contribution in [3.8, 4) is 0 Å². The van der Waals surface area contributed by atoms with Crippen molar-refractivity contribution >= 4 is 59.6 Å². The second-order valence-corrected chi connectivity index (χ2v) is 7.21. The van der Waals surface area contributed by atoms with E-state index in [4.69, 9.17) is 0 Å². The molecule has 1 saturated heterocycles. The molecular formula is C23H31Cl3FN3O3. The van der Waals surface area contributed by atoms with Gasteiger partial charge < -0.3 is 15.9 Å². The summed E-state index contributed by atoms with van der Waals surface area (Å²) in [5.41, 5.74) is 2.85. The molecule has 184 valence electrons. The predicted octanol–water partition coefficient (Wildman–Crippen LogP) is 3.78. The quantitative estimate of drug-likeness (QED) is 0.460. The lowest BCUT2D eigenvalue weighted by Gasteiger charge is -2.36. The molecule has 1 aliphatic heterocycles. The van der Waals surface area contributed by atoms with Crippen molar-refractivity contribution in [2.24, 2.45) is 0 Å². The molecule has 0 spiro atoms. The highest BCUT2D eigenvalue weighted by Gasteiger charge is 2.19. The van der Waals surface area contributed by atoms with Gasteiger partial charge in [-0.05, 0) is 49.4 Å². The summed E-state index contributed by atoms with van der Waals surface area (Å²) in [6.07, 6.45) is 3.17. The number of carbonyl (C=O) groups excluding carboxylic acids is 1. The lowest BCUT2D eigenvalue weighted by atomic mass is 10.1.